The van der Waals surface area contributed by atoms with E-state index in [0.717, 1.165) is 37.3 Å². The summed E-state index contributed by atoms with van der Waals surface area (Å²) in [5.74, 6) is 0. The van der Waals surface area contributed by atoms with E-state index in [4.69, 9.17) is 14.8 Å². The van der Waals surface area contributed by atoms with Crippen molar-refractivity contribution in [2.45, 2.75) is 39.0 Å². The van der Waals surface area contributed by atoms with Crippen molar-refractivity contribution in [3.05, 3.63) is 35.9 Å². The van der Waals surface area contributed by atoms with E-state index in [-0.39, 0.29) is 6.23 Å². The minimum Gasteiger partial charge on any atom is -0.299 e. The van der Waals surface area contributed by atoms with Crippen LogP contribution in [0.15, 0.2) is 18.2 Å². The fraction of sp³-hybridized carbons (Fsp3) is 0.529. The molecule has 0 spiro atoms. The molecule has 123 valence electrons. The van der Waals surface area contributed by atoms with Gasteiger partial charge in [-0.3, -0.25) is 9.74 Å². The van der Waals surface area contributed by atoms with Gasteiger partial charge in [0.1, 0.15) is 0 Å². The molecule has 0 aliphatic carbocycles. The average Bonchev–Trinajstić information content (AvgIpc) is 2.95. The molecule has 2 aromatic rings. The predicted octanol–water partition coefficient (Wildman–Crippen LogP) is 2.50. The quantitative estimate of drug-likeness (QED) is 0.943. The van der Waals surface area contributed by atoms with Gasteiger partial charge in [0.2, 0.25) is 0 Å². The summed E-state index contributed by atoms with van der Waals surface area (Å²) < 4.78 is 1.98. The number of benzene rings is 1. The lowest BCUT2D eigenvalue weighted by Gasteiger charge is -2.26. The molecule has 1 aromatic heterocycles. The minimum absolute atomic E-state index is 0.125. The van der Waals surface area contributed by atoms with E-state index in [1.807, 2.05) is 4.68 Å². The van der Waals surface area contributed by atoms with Crippen molar-refractivity contribution in [3.63, 3.8) is 0 Å². The first-order chi connectivity index (χ1) is 11.3. The molecule has 1 radical (unpaired) electrons. The maximum absolute atomic E-state index is 5.49. The van der Waals surface area contributed by atoms with Gasteiger partial charge >= 0.3 is 0 Å². The maximum atomic E-state index is 5.49. The number of fused-ring (bicyclic) bond motifs is 1. The van der Waals surface area contributed by atoms with Crippen LogP contribution in [0.1, 0.15) is 36.7 Å². The first-order valence-corrected chi connectivity index (χ1v) is 8.36. The summed E-state index contributed by atoms with van der Waals surface area (Å²) in [5.41, 5.74) is 6.07. The molecule has 0 bridgehead atoms. The van der Waals surface area contributed by atoms with Crippen LogP contribution in [0.25, 0.3) is 10.9 Å². The van der Waals surface area contributed by atoms with Gasteiger partial charge in [-0.15, -0.1) is 0 Å². The van der Waals surface area contributed by atoms with Crippen LogP contribution in [0.5, 0.6) is 0 Å². The Balaban J connectivity index is 1.67. The van der Waals surface area contributed by atoms with Crippen LogP contribution in [0.4, 0.5) is 0 Å². The topological polar surface area (TPSA) is 51.6 Å². The third-order valence-corrected chi connectivity index (χ3v) is 4.67. The van der Waals surface area contributed by atoms with Crippen molar-refractivity contribution >= 4 is 10.9 Å². The van der Waals surface area contributed by atoms with Crippen molar-refractivity contribution in [2.75, 3.05) is 19.7 Å². The van der Waals surface area contributed by atoms with Crippen LogP contribution in [-0.2, 0) is 16.2 Å². The van der Waals surface area contributed by atoms with Gasteiger partial charge in [0.15, 0.2) is 6.23 Å². The Morgan fingerprint density at radius 1 is 1.30 bits per heavy atom. The second-order valence-electron chi connectivity index (χ2n) is 6.28. The molecule has 1 aromatic carbocycles. The molecule has 2 fully saturated rings. The van der Waals surface area contributed by atoms with Crippen LogP contribution in [0.2, 0.25) is 0 Å². The van der Waals surface area contributed by atoms with E-state index in [9.17, 15) is 0 Å². The summed E-state index contributed by atoms with van der Waals surface area (Å²) in [5, 5.41) is 6.00. The molecule has 0 amide bonds. The molecule has 4 rings (SSSR count). The molecule has 0 saturated carbocycles. The Bertz CT molecular complexity index is 673. The Hall–Kier alpha value is -1.47. The highest BCUT2D eigenvalue weighted by Crippen LogP contribution is 2.28. The fourth-order valence-electron chi connectivity index (χ4n) is 3.54. The van der Waals surface area contributed by atoms with Crippen molar-refractivity contribution in [1.82, 2.24) is 20.3 Å². The Morgan fingerprint density at radius 3 is 2.96 bits per heavy atom. The normalized spacial score (nSPS) is 23.4. The van der Waals surface area contributed by atoms with E-state index < -0.39 is 0 Å². The highest BCUT2D eigenvalue weighted by Gasteiger charge is 2.22. The lowest BCUT2D eigenvalue weighted by molar-refractivity contribution is -0.261. The van der Waals surface area contributed by atoms with Gasteiger partial charge in [0, 0.05) is 18.4 Å². The molecule has 2 aliphatic rings. The molecular weight excluding hydrogens is 292 g/mol. The molecule has 23 heavy (non-hydrogen) atoms. The first kappa shape index (κ1) is 15.1. The van der Waals surface area contributed by atoms with Crippen molar-refractivity contribution < 1.29 is 9.68 Å². The molecule has 2 saturated heterocycles. The van der Waals surface area contributed by atoms with Gasteiger partial charge in [-0.1, -0.05) is 17.8 Å². The number of hydrogen-bond acceptors (Lipinski definition) is 5. The van der Waals surface area contributed by atoms with Crippen LogP contribution in [0.3, 0.4) is 0 Å². The molecule has 1 N–H and O–H groups in total. The maximum Gasteiger partial charge on any atom is 0.176 e. The fourth-order valence-corrected chi connectivity index (χ4v) is 3.54. The zero-order valence-corrected chi connectivity index (χ0v) is 13.5. The molecule has 3 heterocycles. The summed E-state index contributed by atoms with van der Waals surface area (Å²) >= 11 is 0. The monoisotopic (exact) mass is 315 g/mol. The largest absolute Gasteiger partial charge is 0.299 e. The lowest BCUT2D eigenvalue weighted by atomic mass is 10.1. The van der Waals surface area contributed by atoms with Gasteiger partial charge in [0.25, 0.3) is 0 Å². The molecule has 6 heteroatoms. The number of likely N-dealkylation sites (tertiary alicyclic amines) is 1. The molecule has 6 nitrogen and oxygen atoms in total. The number of piperidine rings is 1. The van der Waals surface area contributed by atoms with Gasteiger partial charge in [0.05, 0.1) is 17.8 Å². The second kappa shape index (κ2) is 6.57. The smallest absolute Gasteiger partial charge is 0.176 e. The minimum atomic E-state index is -0.125. The van der Waals surface area contributed by atoms with Gasteiger partial charge in [-0.25, -0.2) is 9.52 Å². The Morgan fingerprint density at radius 2 is 2.17 bits per heavy atom. The van der Waals surface area contributed by atoms with Crippen LogP contribution >= 0.6 is 0 Å². The Labute approximate surface area is 136 Å². The van der Waals surface area contributed by atoms with Gasteiger partial charge in [-0.2, -0.15) is 5.10 Å². The van der Waals surface area contributed by atoms with Crippen molar-refractivity contribution in [1.29, 1.82) is 0 Å². The van der Waals surface area contributed by atoms with E-state index in [1.54, 1.807) is 0 Å². The summed E-state index contributed by atoms with van der Waals surface area (Å²) in [6.07, 6.45) is 5.43. The number of nitrogens with zero attached hydrogens (tertiary/aromatic N) is 3. The lowest BCUT2D eigenvalue weighted by Crippen LogP contribution is -2.31. The molecule has 2 aliphatic heterocycles. The standard InChI is InChI=1S/C17H23N4O2/c1-13-17-14(12-20-9-3-2-4-10-20)6-5-7-15(17)21(18-13)16-8-11-22-19-23-16/h2,5-7,16,19H,3-4,8-12H2,1H3. The summed E-state index contributed by atoms with van der Waals surface area (Å²) in [6.45, 7) is 5.99. The molecule has 1 unspecified atom stereocenters. The SMILES string of the molecule is Cc1nn(C2CCONO2)c2cccc(CN3CC[CH]CC3)c12. The van der Waals surface area contributed by atoms with Crippen LogP contribution in [0, 0.1) is 13.3 Å². The molecule has 1 atom stereocenters. The highest BCUT2D eigenvalue weighted by molar-refractivity contribution is 5.85. The zero-order chi connectivity index (χ0) is 15.6. The predicted molar refractivity (Wildman–Crippen MR) is 87.1 cm³/mol. The van der Waals surface area contributed by atoms with E-state index in [1.165, 1.54) is 23.8 Å². The van der Waals surface area contributed by atoms with E-state index in [2.05, 4.69) is 42.1 Å². The van der Waals surface area contributed by atoms with Gasteiger partial charge < -0.3 is 0 Å². The number of hydrogen-bond donors (Lipinski definition) is 1. The second-order valence-corrected chi connectivity index (χ2v) is 6.28. The van der Waals surface area contributed by atoms with E-state index >= 15 is 0 Å². The first-order valence-electron chi connectivity index (χ1n) is 8.36. The average molecular weight is 315 g/mol. The summed E-state index contributed by atoms with van der Waals surface area (Å²) in [4.78, 5) is 13.1. The van der Waals surface area contributed by atoms with Crippen LogP contribution in [-0.4, -0.2) is 34.4 Å². The van der Waals surface area contributed by atoms with Crippen molar-refractivity contribution in [3.8, 4) is 0 Å². The van der Waals surface area contributed by atoms with E-state index in [0.29, 0.717) is 6.61 Å². The molecular formula is C17H23N4O2. The zero-order valence-electron chi connectivity index (χ0n) is 13.5. The summed E-state index contributed by atoms with van der Waals surface area (Å²) in [6, 6.07) is 6.47. The summed E-state index contributed by atoms with van der Waals surface area (Å²) in [7, 11) is 0. The number of rotatable bonds is 3. The Kier molecular flexibility index (Phi) is 4.31. The van der Waals surface area contributed by atoms with Crippen LogP contribution < -0.4 is 5.64 Å². The third-order valence-electron chi connectivity index (χ3n) is 4.67. The third kappa shape index (κ3) is 2.99. The number of nitrogens with one attached hydrogen (secondary N) is 1. The number of aryl methyl sites for hydroxylation is 1. The van der Waals surface area contributed by atoms with Gasteiger partial charge in [-0.05, 0) is 50.9 Å². The number of aromatic nitrogens is 2. The highest BCUT2D eigenvalue weighted by atomic mass is 16.9. The van der Waals surface area contributed by atoms with Crippen molar-refractivity contribution in [2.24, 2.45) is 0 Å².